The van der Waals surface area contributed by atoms with Crippen molar-refractivity contribution in [2.75, 3.05) is 0 Å². The van der Waals surface area contributed by atoms with Gasteiger partial charge in [0.2, 0.25) is 0 Å². The Morgan fingerprint density at radius 2 is 1.59 bits per heavy atom. The summed E-state index contributed by atoms with van der Waals surface area (Å²) in [6.07, 6.45) is 15.1. The molecule has 0 aliphatic heterocycles. The predicted octanol–water partition coefficient (Wildman–Crippen LogP) is 10.5. The Morgan fingerprint density at radius 3 is 2.32 bits per heavy atom. The SMILES string of the molecule is CC(C)CCC[C@@H](C)[C@H]1CC[C@H]2[C@@H]3CCC4[C@H](Cc5ccc(Cl)c(Cl)c5)C(=O)CC[C@]4(C)[C@H]3CC[C@]12C. The van der Waals surface area contributed by atoms with Crippen LogP contribution in [0.5, 0.6) is 0 Å². The third kappa shape index (κ3) is 5.08. The lowest BCUT2D eigenvalue weighted by atomic mass is 9.43. The summed E-state index contributed by atoms with van der Waals surface area (Å²) in [7, 11) is 0. The van der Waals surface area contributed by atoms with Gasteiger partial charge in [0.05, 0.1) is 10.0 Å². The van der Waals surface area contributed by atoms with Crippen LogP contribution in [0, 0.1) is 58.2 Å². The third-order valence-electron chi connectivity index (χ3n) is 12.4. The lowest BCUT2D eigenvalue weighted by Gasteiger charge is -2.62. The second kappa shape index (κ2) is 10.8. The highest BCUT2D eigenvalue weighted by Gasteiger charge is 2.61. The van der Waals surface area contributed by atoms with Crippen molar-refractivity contribution in [1.82, 2.24) is 0 Å². The van der Waals surface area contributed by atoms with E-state index in [0.29, 0.717) is 32.6 Å². The van der Waals surface area contributed by atoms with Gasteiger partial charge in [-0.05, 0) is 121 Å². The molecular weight excluding hydrogens is 495 g/mol. The number of halogens is 2. The first kappa shape index (κ1) is 28.0. The van der Waals surface area contributed by atoms with Crippen LogP contribution >= 0.6 is 23.2 Å². The Morgan fingerprint density at radius 1 is 0.865 bits per heavy atom. The van der Waals surface area contributed by atoms with Crippen LogP contribution < -0.4 is 0 Å². The highest BCUT2D eigenvalue weighted by Crippen LogP contribution is 2.68. The molecule has 0 N–H and O–H groups in total. The van der Waals surface area contributed by atoms with Crippen LogP contribution in [0.3, 0.4) is 0 Å². The van der Waals surface area contributed by atoms with Gasteiger partial charge in [-0.2, -0.15) is 0 Å². The van der Waals surface area contributed by atoms with Crippen molar-refractivity contribution in [3.8, 4) is 0 Å². The van der Waals surface area contributed by atoms with Gasteiger partial charge < -0.3 is 0 Å². The molecule has 1 aromatic rings. The molecule has 0 saturated heterocycles. The van der Waals surface area contributed by atoms with E-state index >= 15 is 0 Å². The Bertz CT molecular complexity index is 986. The Balaban J connectivity index is 1.32. The monoisotopic (exact) mass is 544 g/mol. The number of benzene rings is 1. The van der Waals surface area contributed by atoms with Gasteiger partial charge >= 0.3 is 0 Å². The molecule has 206 valence electrons. The number of rotatable bonds is 7. The molecule has 4 fully saturated rings. The minimum Gasteiger partial charge on any atom is -0.299 e. The van der Waals surface area contributed by atoms with Crippen molar-refractivity contribution in [2.24, 2.45) is 58.2 Å². The molecule has 0 aromatic heterocycles. The maximum absolute atomic E-state index is 13.3. The van der Waals surface area contributed by atoms with Crippen LogP contribution in [0.4, 0.5) is 0 Å². The van der Waals surface area contributed by atoms with Crippen molar-refractivity contribution in [3.05, 3.63) is 33.8 Å². The van der Waals surface area contributed by atoms with E-state index in [1.807, 2.05) is 12.1 Å². The maximum atomic E-state index is 13.3. The summed E-state index contributed by atoms with van der Waals surface area (Å²) >= 11 is 12.5. The summed E-state index contributed by atoms with van der Waals surface area (Å²) in [4.78, 5) is 13.3. The molecule has 0 bridgehead atoms. The van der Waals surface area contributed by atoms with Crippen molar-refractivity contribution in [3.63, 3.8) is 0 Å². The molecule has 3 heteroatoms. The van der Waals surface area contributed by atoms with E-state index in [4.69, 9.17) is 23.2 Å². The number of carbonyl (C=O) groups excluding carboxylic acids is 1. The molecule has 4 aliphatic carbocycles. The minimum atomic E-state index is 0.141. The zero-order valence-electron chi connectivity index (χ0n) is 24.0. The van der Waals surface area contributed by atoms with Gasteiger partial charge in [0.25, 0.3) is 0 Å². The zero-order valence-corrected chi connectivity index (χ0v) is 25.5. The van der Waals surface area contributed by atoms with E-state index in [-0.39, 0.29) is 5.92 Å². The number of hydrogen-bond donors (Lipinski definition) is 0. The molecule has 4 aliphatic rings. The first-order valence-electron chi connectivity index (χ1n) is 15.5. The van der Waals surface area contributed by atoms with Gasteiger partial charge in [-0.3, -0.25) is 4.79 Å². The van der Waals surface area contributed by atoms with Gasteiger partial charge in [-0.15, -0.1) is 0 Å². The number of hydrogen-bond acceptors (Lipinski definition) is 1. The predicted molar refractivity (Wildman–Crippen MR) is 157 cm³/mol. The first-order valence-corrected chi connectivity index (χ1v) is 16.3. The summed E-state index contributed by atoms with van der Waals surface area (Å²) < 4.78 is 0. The van der Waals surface area contributed by atoms with E-state index in [1.54, 1.807) is 0 Å². The van der Waals surface area contributed by atoms with Crippen LogP contribution in [0.2, 0.25) is 10.0 Å². The standard InChI is InChI=1S/C34H50Cl2O/c1-21(2)7-6-8-22(3)26-12-13-27-24-10-11-28-25(19-23-9-14-30(35)31(36)20-23)32(37)16-18-34(28,5)29(24)15-17-33(26,27)4/h9,14,20-22,24-29H,6-8,10-13,15-19H2,1-5H3/t22-,24+,25+,26-,27+,28?,29+,33-,34+/m1/s1. The van der Waals surface area contributed by atoms with Crippen LogP contribution in [-0.2, 0) is 11.2 Å². The Hall–Kier alpha value is -0.530. The fraction of sp³-hybridized carbons (Fsp3) is 0.794. The summed E-state index contributed by atoms with van der Waals surface area (Å²) in [6.45, 7) is 12.6. The minimum absolute atomic E-state index is 0.141. The van der Waals surface area contributed by atoms with Crippen LogP contribution in [0.1, 0.15) is 111 Å². The van der Waals surface area contributed by atoms with Gasteiger partial charge in [-0.1, -0.05) is 83.1 Å². The Labute approximate surface area is 236 Å². The summed E-state index contributed by atoms with van der Waals surface area (Å²) in [5.74, 6) is 6.30. The average molecular weight is 546 g/mol. The average Bonchev–Trinajstić information content (AvgIpc) is 3.20. The normalized spacial score (nSPS) is 40.3. The maximum Gasteiger partial charge on any atom is 0.136 e. The number of carbonyl (C=O) groups is 1. The molecule has 0 heterocycles. The molecule has 1 aromatic carbocycles. The molecule has 4 saturated carbocycles. The van der Waals surface area contributed by atoms with Gasteiger partial charge in [0.1, 0.15) is 5.78 Å². The van der Waals surface area contributed by atoms with Crippen LogP contribution in [0.15, 0.2) is 18.2 Å². The fourth-order valence-corrected chi connectivity index (χ4v) is 10.8. The summed E-state index contributed by atoms with van der Waals surface area (Å²) in [5, 5.41) is 1.20. The lowest BCUT2D eigenvalue weighted by Crippen LogP contribution is -2.56. The van der Waals surface area contributed by atoms with Crippen molar-refractivity contribution in [1.29, 1.82) is 0 Å². The largest absolute Gasteiger partial charge is 0.299 e. The fourth-order valence-electron chi connectivity index (χ4n) is 10.5. The molecule has 9 atom stereocenters. The quantitative estimate of drug-likeness (QED) is 0.333. The van der Waals surface area contributed by atoms with Gasteiger partial charge in [0, 0.05) is 12.3 Å². The summed E-state index contributed by atoms with van der Waals surface area (Å²) in [6, 6.07) is 5.96. The highest BCUT2D eigenvalue weighted by atomic mass is 35.5. The number of ketones is 1. The second-order valence-electron chi connectivity index (χ2n) is 14.6. The van der Waals surface area contributed by atoms with Crippen molar-refractivity contribution < 1.29 is 4.79 Å². The first-order chi connectivity index (χ1) is 17.5. The van der Waals surface area contributed by atoms with Gasteiger partial charge in [0.15, 0.2) is 0 Å². The number of fused-ring (bicyclic) bond motifs is 5. The lowest BCUT2D eigenvalue weighted by molar-refractivity contribution is -0.152. The van der Waals surface area contributed by atoms with E-state index < -0.39 is 0 Å². The van der Waals surface area contributed by atoms with Crippen LogP contribution in [0.25, 0.3) is 0 Å². The molecule has 37 heavy (non-hydrogen) atoms. The molecular formula is C34H50Cl2O. The van der Waals surface area contributed by atoms with Crippen molar-refractivity contribution in [2.45, 2.75) is 112 Å². The topological polar surface area (TPSA) is 17.1 Å². The Kier molecular flexibility index (Phi) is 8.18. The van der Waals surface area contributed by atoms with Crippen molar-refractivity contribution >= 4 is 29.0 Å². The van der Waals surface area contributed by atoms with E-state index in [1.165, 1.54) is 63.4 Å². The zero-order chi connectivity index (χ0) is 26.5. The second-order valence-corrected chi connectivity index (χ2v) is 15.4. The van der Waals surface area contributed by atoms with Gasteiger partial charge in [-0.25, -0.2) is 0 Å². The molecule has 0 radical (unpaired) electrons. The van der Waals surface area contributed by atoms with E-state index in [2.05, 4.69) is 40.7 Å². The summed E-state index contributed by atoms with van der Waals surface area (Å²) in [5.41, 5.74) is 2.01. The van der Waals surface area contributed by atoms with E-state index in [9.17, 15) is 4.79 Å². The third-order valence-corrected chi connectivity index (χ3v) is 13.1. The smallest absolute Gasteiger partial charge is 0.136 e. The van der Waals surface area contributed by atoms with Crippen LogP contribution in [-0.4, -0.2) is 5.78 Å². The molecule has 0 spiro atoms. The molecule has 5 rings (SSSR count). The molecule has 1 nitrogen and oxygen atoms in total. The number of Topliss-reactive ketones (excluding diaryl/α,β-unsaturated/α-hetero) is 1. The molecule has 0 amide bonds. The highest BCUT2D eigenvalue weighted by molar-refractivity contribution is 6.42. The van der Waals surface area contributed by atoms with E-state index in [0.717, 1.165) is 54.8 Å². The molecule has 1 unspecified atom stereocenters.